The third kappa shape index (κ3) is 4.05. The lowest BCUT2D eigenvalue weighted by Crippen LogP contribution is -2.36. The fourth-order valence-electron chi connectivity index (χ4n) is 3.84. The van der Waals surface area contributed by atoms with Crippen LogP contribution >= 0.6 is 11.6 Å². The molecule has 1 aromatic heterocycles. The maximum absolute atomic E-state index is 13.3. The van der Waals surface area contributed by atoms with Crippen molar-refractivity contribution in [1.82, 2.24) is 14.1 Å². The highest BCUT2D eigenvalue weighted by Crippen LogP contribution is 2.30. The van der Waals surface area contributed by atoms with Crippen molar-refractivity contribution < 1.29 is 18.3 Å². The second-order valence-corrected chi connectivity index (χ2v) is 11.2. The molecule has 4 rings (SSSR count). The predicted molar refractivity (Wildman–Crippen MR) is 122 cm³/mol. The van der Waals surface area contributed by atoms with E-state index in [9.17, 15) is 18.3 Å². The summed E-state index contributed by atoms with van der Waals surface area (Å²) in [5.74, 6) is -1.19. The van der Waals surface area contributed by atoms with Gasteiger partial charge in [-0.25, -0.2) is 17.9 Å². The van der Waals surface area contributed by atoms with Gasteiger partial charge in [0.25, 0.3) is 0 Å². The number of carbonyl (C=O) groups is 1. The Balaban J connectivity index is 1.70. The molecule has 2 heterocycles. The number of aromatic nitrogens is 2. The normalized spacial score (nSPS) is 14.9. The summed E-state index contributed by atoms with van der Waals surface area (Å²) in [5.41, 5.74) is 2.59. The Morgan fingerprint density at radius 1 is 1.06 bits per heavy atom. The van der Waals surface area contributed by atoms with Crippen molar-refractivity contribution in [2.75, 3.05) is 6.54 Å². The van der Waals surface area contributed by atoms with Crippen LogP contribution in [0.25, 0.3) is 5.69 Å². The topological polar surface area (TPSA) is 92.5 Å². The molecule has 168 valence electrons. The average molecular weight is 474 g/mol. The molecule has 0 atom stereocenters. The molecule has 3 aromatic rings. The number of aromatic carboxylic acids is 1. The molecule has 1 aliphatic rings. The largest absolute Gasteiger partial charge is 0.476 e. The number of benzene rings is 2. The Morgan fingerprint density at radius 2 is 1.69 bits per heavy atom. The van der Waals surface area contributed by atoms with E-state index in [1.165, 1.54) is 4.31 Å². The van der Waals surface area contributed by atoms with Gasteiger partial charge in [0, 0.05) is 30.1 Å². The number of fused-ring (bicyclic) bond motifs is 1. The van der Waals surface area contributed by atoms with E-state index in [0.717, 1.165) is 5.56 Å². The van der Waals surface area contributed by atoms with Crippen LogP contribution in [-0.2, 0) is 28.4 Å². The van der Waals surface area contributed by atoms with Gasteiger partial charge in [0.2, 0.25) is 10.0 Å². The molecular weight excluding hydrogens is 450 g/mol. The second kappa shape index (κ2) is 8.03. The van der Waals surface area contributed by atoms with Gasteiger partial charge >= 0.3 is 5.97 Å². The molecule has 9 heteroatoms. The molecule has 1 aliphatic heterocycles. The van der Waals surface area contributed by atoms with Crippen molar-refractivity contribution in [2.45, 2.75) is 44.0 Å². The predicted octanol–water partition coefficient (Wildman–Crippen LogP) is 4.27. The molecule has 0 amide bonds. The quantitative estimate of drug-likeness (QED) is 0.610. The SMILES string of the molecule is CC(C)(C)c1ccc(S(=O)(=O)N2CCc3c(c(C(=O)O)nn3-c3ccc(Cl)cc3)C2)cc1. The number of carboxylic acids is 1. The minimum absolute atomic E-state index is 0.0477. The van der Waals surface area contributed by atoms with Crippen LogP contribution in [0.4, 0.5) is 0 Å². The lowest BCUT2D eigenvalue weighted by molar-refractivity contribution is 0.0688. The van der Waals surface area contributed by atoms with Crippen LogP contribution in [-0.4, -0.2) is 40.1 Å². The third-order valence-corrected chi connectivity index (χ3v) is 7.77. The molecule has 0 fully saturated rings. The lowest BCUT2D eigenvalue weighted by Gasteiger charge is -2.27. The summed E-state index contributed by atoms with van der Waals surface area (Å²) in [6.07, 6.45) is 0.345. The van der Waals surface area contributed by atoms with Gasteiger partial charge < -0.3 is 5.11 Å². The van der Waals surface area contributed by atoms with Crippen LogP contribution in [0.3, 0.4) is 0 Å². The Labute approximate surface area is 192 Å². The van der Waals surface area contributed by atoms with Crippen molar-refractivity contribution >= 4 is 27.6 Å². The summed E-state index contributed by atoms with van der Waals surface area (Å²) in [6.45, 7) is 6.37. The van der Waals surface area contributed by atoms with E-state index < -0.39 is 16.0 Å². The molecule has 0 unspecified atom stereocenters. The maximum Gasteiger partial charge on any atom is 0.356 e. The summed E-state index contributed by atoms with van der Waals surface area (Å²) in [5, 5.41) is 14.5. The van der Waals surface area contributed by atoms with Gasteiger partial charge in [0.1, 0.15) is 0 Å². The molecule has 7 nitrogen and oxygen atoms in total. The van der Waals surface area contributed by atoms with E-state index >= 15 is 0 Å². The standard InChI is InChI=1S/C23H24ClN3O4S/c1-23(2,3)15-4-10-18(11-5-15)32(30,31)26-13-12-20-19(14-26)21(22(28)29)25-27(20)17-8-6-16(24)7-9-17/h4-11H,12-14H2,1-3H3,(H,28,29). The average Bonchev–Trinajstić information content (AvgIpc) is 3.13. The first-order valence-corrected chi connectivity index (χ1v) is 12.0. The zero-order chi connectivity index (χ0) is 23.3. The zero-order valence-corrected chi connectivity index (χ0v) is 19.6. The van der Waals surface area contributed by atoms with Crippen molar-refractivity contribution in [3.63, 3.8) is 0 Å². The van der Waals surface area contributed by atoms with E-state index in [-0.39, 0.29) is 29.1 Å². The monoisotopic (exact) mass is 473 g/mol. The Morgan fingerprint density at radius 3 is 2.25 bits per heavy atom. The lowest BCUT2D eigenvalue weighted by atomic mass is 9.87. The highest BCUT2D eigenvalue weighted by Gasteiger charge is 2.34. The summed E-state index contributed by atoms with van der Waals surface area (Å²) in [4.78, 5) is 12.1. The number of sulfonamides is 1. The molecule has 2 aromatic carbocycles. The minimum atomic E-state index is -3.78. The van der Waals surface area contributed by atoms with Crippen LogP contribution in [0.2, 0.25) is 5.02 Å². The van der Waals surface area contributed by atoms with Crippen LogP contribution in [0.15, 0.2) is 53.4 Å². The fourth-order valence-corrected chi connectivity index (χ4v) is 5.38. The van der Waals surface area contributed by atoms with E-state index in [2.05, 4.69) is 25.9 Å². The third-order valence-electron chi connectivity index (χ3n) is 5.65. The van der Waals surface area contributed by atoms with Crippen LogP contribution in [0.1, 0.15) is 48.1 Å². The zero-order valence-electron chi connectivity index (χ0n) is 18.0. The number of nitrogens with zero attached hydrogens (tertiary/aromatic N) is 3. The molecule has 0 saturated heterocycles. The van der Waals surface area contributed by atoms with Crippen LogP contribution < -0.4 is 0 Å². The smallest absolute Gasteiger partial charge is 0.356 e. The molecule has 0 radical (unpaired) electrons. The highest BCUT2D eigenvalue weighted by molar-refractivity contribution is 7.89. The number of hydrogen-bond donors (Lipinski definition) is 1. The van der Waals surface area contributed by atoms with Gasteiger partial charge in [-0.1, -0.05) is 44.5 Å². The molecule has 0 saturated carbocycles. The maximum atomic E-state index is 13.3. The molecule has 32 heavy (non-hydrogen) atoms. The minimum Gasteiger partial charge on any atom is -0.476 e. The Bertz CT molecular complexity index is 1270. The molecular formula is C23H24ClN3O4S. The molecule has 0 aliphatic carbocycles. The van der Waals surface area contributed by atoms with E-state index in [0.29, 0.717) is 28.4 Å². The van der Waals surface area contributed by atoms with E-state index in [1.54, 1.807) is 41.1 Å². The summed E-state index contributed by atoms with van der Waals surface area (Å²) in [6, 6.07) is 13.8. The fraction of sp³-hybridized carbons (Fsp3) is 0.304. The van der Waals surface area contributed by atoms with Crippen LogP contribution in [0.5, 0.6) is 0 Å². The first-order chi connectivity index (χ1) is 15.0. The van der Waals surface area contributed by atoms with E-state index in [4.69, 9.17) is 11.6 Å². The van der Waals surface area contributed by atoms with Crippen molar-refractivity contribution in [3.8, 4) is 5.69 Å². The van der Waals surface area contributed by atoms with Gasteiger partial charge in [-0.05, 0) is 47.4 Å². The van der Waals surface area contributed by atoms with Crippen molar-refractivity contribution in [1.29, 1.82) is 0 Å². The first-order valence-electron chi connectivity index (χ1n) is 10.2. The Kier molecular flexibility index (Phi) is 5.65. The van der Waals surface area contributed by atoms with Crippen molar-refractivity contribution in [3.05, 3.63) is 76.1 Å². The van der Waals surface area contributed by atoms with Crippen LogP contribution in [0, 0.1) is 0 Å². The summed E-state index contributed by atoms with van der Waals surface area (Å²) >= 11 is 5.96. The van der Waals surface area contributed by atoms with Gasteiger partial charge in [-0.2, -0.15) is 9.40 Å². The molecule has 0 spiro atoms. The van der Waals surface area contributed by atoms with Gasteiger partial charge in [0.05, 0.1) is 16.3 Å². The Hall–Kier alpha value is -2.68. The van der Waals surface area contributed by atoms with Gasteiger partial charge in [-0.3, -0.25) is 0 Å². The summed E-state index contributed by atoms with van der Waals surface area (Å²) < 4.78 is 29.5. The number of halogens is 1. The van der Waals surface area contributed by atoms with Gasteiger partial charge in [-0.15, -0.1) is 0 Å². The molecule has 0 bridgehead atoms. The number of carboxylic acid groups (broad SMARTS) is 1. The highest BCUT2D eigenvalue weighted by atomic mass is 35.5. The van der Waals surface area contributed by atoms with E-state index in [1.807, 2.05) is 12.1 Å². The number of rotatable bonds is 4. The summed E-state index contributed by atoms with van der Waals surface area (Å²) in [7, 11) is -3.78. The number of hydrogen-bond acceptors (Lipinski definition) is 4. The van der Waals surface area contributed by atoms with Crippen molar-refractivity contribution in [2.24, 2.45) is 0 Å². The second-order valence-electron chi connectivity index (χ2n) is 8.83. The first kappa shape index (κ1) is 22.5. The van der Waals surface area contributed by atoms with Gasteiger partial charge in [0.15, 0.2) is 5.69 Å². The molecule has 1 N–H and O–H groups in total.